The van der Waals surface area contributed by atoms with E-state index in [0.717, 1.165) is 12.0 Å². The number of hydrogen-bond donors (Lipinski definition) is 1. The summed E-state index contributed by atoms with van der Waals surface area (Å²) in [4.78, 5) is 10.9. The van der Waals surface area contributed by atoms with Crippen molar-refractivity contribution in [3.05, 3.63) is 23.7 Å². The molecular weight excluding hydrogens is 180 g/mol. The Balaban J connectivity index is 2.32. The van der Waals surface area contributed by atoms with Gasteiger partial charge in [0.05, 0.1) is 18.4 Å². The molecule has 1 heterocycles. The van der Waals surface area contributed by atoms with E-state index in [4.69, 9.17) is 9.52 Å². The van der Waals surface area contributed by atoms with Gasteiger partial charge in [0.25, 0.3) is 0 Å². The predicted molar refractivity (Wildman–Crippen MR) is 51.1 cm³/mol. The van der Waals surface area contributed by atoms with Gasteiger partial charge in [-0.2, -0.15) is 0 Å². The van der Waals surface area contributed by atoms with E-state index < -0.39 is 5.97 Å². The molecule has 0 saturated carbocycles. The van der Waals surface area contributed by atoms with Gasteiger partial charge in [-0.1, -0.05) is 13.8 Å². The van der Waals surface area contributed by atoms with Gasteiger partial charge in [0, 0.05) is 5.92 Å². The summed E-state index contributed by atoms with van der Waals surface area (Å²) in [6.45, 7) is 3.87. The lowest BCUT2D eigenvalue weighted by Gasteiger charge is -2.19. The lowest BCUT2D eigenvalue weighted by molar-refractivity contribution is -0.142. The van der Waals surface area contributed by atoms with Crippen molar-refractivity contribution in [3.63, 3.8) is 0 Å². The first kappa shape index (κ1) is 9.31. The van der Waals surface area contributed by atoms with E-state index in [1.807, 2.05) is 0 Å². The standard InChI is InChI=1S/C11H14O3/c1-6-3-8-4-14-5-9(8)10(6)7(2)11(12)13/h4-7,10H,3H2,1-2H3,(H,12,13). The molecular formula is C11H14O3. The molecule has 0 fully saturated rings. The molecule has 0 saturated heterocycles. The summed E-state index contributed by atoms with van der Waals surface area (Å²) in [7, 11) is 0. The van der Waals surface area contributed by atoms with E-state index in [1.54, 1.807) is 19.5 Å². The van der Waals surface area contributed by atoms with E-state index in [9.17, 15) is 4.79 Å². The number of carbonyl (C=O) groups is 1. The molecule has 0 bridgehead atoms. The topological polar surface area (TPSA) is 50.4 Å². The summed E-state index contributed by atoms with van der Waals surface area (Å²) >= 11 is 0. The Kier molecular flexibility index (Phi) is 2.10. The third-order valence-corrected chi connectivity index (χ3v) is 3.22. The maximum Gasteiger partial charge on any atom is 0.306 e. The number of carboxylic acids is 1. The quantitative estimate of drug-likeness (QED) is 0.785. The summed E-state index contributed by atoms with van der Waals surface area (Å²) in [6.07, 6.45) is 4.37. The number of furan rings is 1. The fourth-order valence-corrected chi connectivity index (χ4v) is 2.49. The number of fused-ring (bicyclic) bond motifs is 1. The Morgan fingerprint density at radius 1 is 1.64 bits per heavy atom. The van der Waals surface area contributed by atoms with Gasteiger partial charge in [0.2, 0.25) is 0 Å². The minimum Gasteiger partial charge on any atom is -0.481 e. The number of hydrogen-bond acceptors (Lipinski definition) is 2. The third-order valence-electron chi connectivity index (χ3n) is 3.22. The second kappa shape index (κ2) is 3.15. The van der Waals surface area contributed by atoms with Crippen LogP contribution in [0.15, 0.2) is 16.9 Å². The fourth-order valence-electron chi connectivity index (χ4n) is 2.49. The molecule has 3 atom stereocenters. The van der Waals surface area contributed by atoms with Crippen molar-refractivity contribution >= 4 is 5.97 Å². The van der Waals surface area contributed by atoms with E-state index in [-0.39, 0.29) is 11.8 Å². The van der Waals surface area contributed by atoms with Crippen molar-refractivity contribution in [1.82, 2.24) is 0 Å². The second-order valence-electron chi connectivity index (χ2n) is 4.19. The van der Waals surface area contributed by atoms with Crippen molar-refractivity contribution in [2.45, 2.75) is 26.2 Å². The first-order valence-corrected chi connectivity index (χ1v) is 4.89. The van der Waals surface area contributed by atoms with Gasteiger partial charge in [0.1, 0.15) is 0 Å². The summed E-state index contributed by atoms with van der Waals surface area (Å²) in [5.74, 6) is -0.538. The molecule has 1 aromatic rings. The average molecular weight is 194 g/mol. The highest BCUT2D eigenvalue weighted by Gasteiger charge is 2.37. The van der Waals surface area contributed by atoms with Crippen molar-refractivity contribution in [3.8, 4) is 0 Å². The zero-order chi connectivity index (χ0) is 10.3. The Morgan fingerprint density at radius 3 is 3.00 bits per heavy atom. The van der Waals surface area contributed by atoms with Gasteiger partial charge in [-0.05, 0) is 23.5 Å². The molecule has 3 nitrogen and oxygen atoms in total. The molecule has 3 heteroatoms. The molecule has 0 amide bonds. The fraction of sp³-hybridized carbons (Fsp3) is 0.545. The van der Waals surface area contributed by atoms with Crippen molar-refractivity contribution < 1.29 is 14.3 Å². The number of aliphatic carboxylic acids is 1. The smallest absolute Gasteiger partial charge is 0.306 e. The molecule has 0 spiro atoms. The predicted octanol–water partition coefficient (Wildman–Crippen LogP) is 2.28. The summed E-state index contributed by atoms with van der Waals surface area (Å²) in [5, 5.41) is 8.99. The molecule has 14 heavy (non-hydrogen) atoms. The van der Waals surface area contributed by atoms with E-state index in [1.165, 1.54) is 5.56 Å². The lowest BCUT2D eigenvalue weighted by atomic mass is 9.84. The molecule has 0 aliphatic heterocycles. The molecule has 1 N–H and O–H groups in total. The normalized spacial score (nSPS) is 27.3. The minimum absolute atomic E-state index is 0.112. The van der Waals surface area contributed by atoms with Crippen LogP contribution in [0.3, 0.4) is 0 Å². The van der Waals surface area contributed by atoms with Gasteiger partial charge >= 0.3 is 5.97 Å². The van der Waals surface area contributed by atoms with E-state index in [0.29, 0.717) is 5.92 Å². The SMILES string of the molecule is CC1Cc2cocc2C1C(C)C(=O)O. The molecule has 1 aromatic heterocycles. The Hall–Kier alpha value is -1.25. The van der Waals surface area contributed by atoms with Crippen molar-refractivity contribution in [2.24, 2.45) is 11.8 Å². The van der Waals surface area contributed by atoms with Crippen LogP contribution in [0.1, 0.15) is 30.9 Å². The molecule has 1 aliphatic carbocycles. The van der Waals surface area contributed by atoms with Crippen LogP contribution < -0.4 is 0 Å². The van der Waals surface area contributed by atoms with Crippen LogP contribution in [0.2, 0.25) is 0 Å². The van der Waals surface area contributed by atoms with Crippen LogP contribution in [-0.4, -0.2) is 11.1 Å². The maximum absolute atomic E-state index is 10.9. The van der Waals surface area contributed by atoms with Crippen LogP contribution in [-0.2, 0) is 11.2 Å². The maximum atomic E-state index is 10.9. The molecule has 2 rings (SSSR count). The average Bonchev–Trinajstić information content (AvgIpc) is 2.62. The highest BCUT2D eigenvalue weighted by atomic mass is 16.4. The Morgan fingerprint density at radius 2 is 2.36 bits per heavy atom. The zero-order valence-electron chi connectivity index (χ0n) is 8.36. The highest BCUT2D eigenvalue weighted by Crippen LogP contribution is 2.42. The molecule has 1 aliphatic rings. The minimum atomic E-state index is -0.726. The van der Waals surface area contributed by atoms with Gasteiger partial charge in [-0.3, -0.25) is 4.79 Å². The Bertz CT molecular complexity index is 353. The second-order valence-corrected chi connectivity index (χ2v) is 4.19. The number of rotatable bonds is 2. The lowest BCUT2D eigenvalue weighted by Crippen LogP contribution is -2.21. The number of carboxylic acid groups (broad SMARTS) is 1. The van der Waals surface area contributed by atoms with Gasteiger partial charge in [-0.15, -0.1) is 0 Å². The summed E-state index contributed by atoms with van der Waals surface area (Å²) in [5.41, 5.74) is 2.27. The Labute approximate surface area is 82.7 Å². The zero-order valence-corrected chi connectivity index (χ0v) is 8.36. The summed E-state index contributed by atoms with van der Waals surface area (Å²) in [6, 6.07) is 0. The highest BCUT2D eigenvalue weighted by molar-refractivity contribution is 5.71. The first-order valence-electron chi connectivity index (χ1n) is 4.89. The first-order chi connectivity index (χ1) is 6.61. The van der Waals surface area contributed by atoms with Crippen LogP contribution in [0.5, 0.6) is 0 Å². The van der Waals surface area contributed by atoms with E-state index >= 15 is 0 Å². The third kappa shape index (κ3) is 1.24. The van der Waals surface area contributed by atoms with Crippen LogP contribution in [0, 0.1) is 11.8 Å². The molecule has 3 unspecified atom stereocenters. The molecule has 76 valence electrons. The van der Waals surface area contributed by atoms with Gasteiger partial charge < -0.3 is 9.52 Å². The van der Waals surface area contributed by atoms with Gasteiger partial charge in [0.15, 0.2) is 0 Å². The summed E-state index contributed by atoms with van der Waals surface area (Å²) < 4.78 is 5.10. The van der Waals surface area contributed by atoms with Crippen LogP contribution in [0.25, 0.3) is 0 Å². The van der Waals surface area contributed by atoms with Crippen LogP contribution >= 0.6 is 0 Å². The van der Waals surface area contributed by atoms with E-state index in [2.05, 4.69) is 6.92 Å². The van der Waals surface area contributed by atoms with Gasteiger partial charge in [-0.25, -0.2) is 0 Å². The van der Waals surface area contributed by atoms with Crippen LogP contribution in [0.4, 0.5) is 0 Å². The van der Waals surface area contributed by atoms with Crippen molar-refractivity contribution in [1.29, 1.82) is 0 Å². The monoisotopic (exact) mass is 194 g/mol. The largest absolute Gasteiger partial charge is 0.481 e. The molecule has 0 radical (unpaired) electrons. The molecule has 0 aromatic carbocycles. The van der Waals surface area contributed by atoms with Crippen molar-refractivity contribution in [2.75, 3.05) is 0 Å².